The minimum absolute atomic E-state index is 0.200. The topological polar surface area (TPSA) is 106 Å². The third-order valence-electron chi connectivity index (χ3n) is 11.2. The molecule has 2 N–H and O–H groups in total. The van der Waals surface area contributed by atoms with E-state index in [-0.39, 0.29) is 23.3 Å². The summed E-state index contributed by atoms with van der Waals surface area (Å²) in [4.78, 5) is 28.1. The molecule has 1 aliphatic rings. The van der Waals surface area contributed by atoms with Crippen LogP contribution >= 0.6 is 11.6 Å². The van der Waals surface area contributed by atoms with E-state index in [1.54, 1.807) is 65.2 Å². The monoisotopic (exact) mass is 955 g/mol. The van der Waals surface area contributed by atoms with Crippen molar-refractivity contribution in [3.05, 3.63) is 179 Å². The lowest BCUT2D eigenvalue weighted by molar-refractivity contribution is -0.274. The largest absolute Gasteiger partial charge is 0.573 e. The summed E-state index contributed by atoms with van der Waals surface area (Å²) in [5.41, 5.74) is 5.22. The summed E-state index contributed by atoms with van der Waals surface area (Å²) in [6.45, 7) is 4.04. The van der Waals surface area contributed by atoms with E-state index < -0.39 is 23.9 Å². The standard InChI is InChI=1S/C29H28ClF3N4O2.C21H13F4N3O/c1-2-25-27(37-18-22(30)7-12-26(37)35-25)28(38)34-17-19-3-8-23(9-4-19)36-15-13-21(14-16-36)20-5-10-24(11-6-20)39-29(31,32)33;22-14-7-10-16-18(11-14)26-12-27-20(16)28-17-3-1-2-4-19(17)29-15-8-5-13(6-9-15)21(23,24)25/h3-12,18,21H,2,13-17H2,1H3,(H,34,38);1-12H,(H,26,27,28). The highest BCUT2D eigenvalue weighted by atomic mass is 35.5. The number of alkyl halides is 6. The van der Waals surface area contributed by atoms with Crippen LogP contribution in [-0.4, -0.2) is 44.7 Å². The van der Waals surface area contributed by atoms with Crippen molar-refractivity contribution in [2.24, 2.45) is 0 Å². The predicted molar refractivity (Wildman–Crippen MR) is 245 cm³/mol. The number of piperidine rings is 1. The zero-order valence-corrected chi connectivity index (χ0v) is 36.8. The van der Waals surface area contributed by atoms with Gasteiger partial charge in [0, 0.05) is 43.0 Å². The molecule has 0 spiro atoms. The minimum Gasteiger partial charge on any atom is -0.455 e. The first-order chi connectivity index (χ1) is 32.6. The quantitative estimate of drug-likeness (QED) is 0.124. The van der Waals surface area contributed by atoms with Gasteiger partial charge < -0.3 is 25.0 Å². The van der Waals surface area contributed by atoms with Gasteiger partial charge in [-0.15, -0.1) is 13.2 Å². The summed E-state index contributed by atoms with van der Waals surface area (Å²) < 4.78 is 100. The van der Waals surface area contributed by atoms with Gasteiger partial charge in [-0.05, 0) is 121 Å². The molecule has 1 aliphatic heterocycles. The van der Waals surface area contributed by atoms with Crippen molar-refractivity contribution in [2.45, 2.75) is 51.2 Å². The van der Waals surface area contributed by atoms with Crippen LogP contribution in [0.4, 0.5) is 47.9 Å². The number of hydrogen-bond acceptors (Lipinski definition) is 8. The summed E-state index contributed by atoms with van der Waals surface area (Å²) in [7, 11) is 0. The number of nitrogens with zero attached hydrogens (tertiary/aromatic N) is 5. The summed E-state index contributed by atoms with van der Waals surface area (Å²) in [6, 6.07) is 33.3. The molecular formula is C50H41ClF7N7O3. The van der Waals surface area contributed by atoms with Crippen molar-refractivity contribution in [3.8, 4) is 17.2 Å². The smallest absolute Gasteiger partial charge is 0.455 e. The number of imidazole rings is 1. The fourth-order valence-corrected chi connectivity index (χ4v) is 7.97. The molecule has 0 unspecified atom stereocenters. The molecule has 5 aromatic carbocycles. The molecule has 0 aliphatic carbocycles. The number of rotatable bonds is 11. The van der Waals surface area contributed by atoms with Crippen LogP contribution in [0.15, 0.2) is 140 Å². The minimum atomic E-state index is -4.68. The van der Waals surface area contributed by atoms with Crippen LogP contribution in [0.2, 0.25) is 5.02 Å². The Morgan fingerprint density at radius 2 is 1.53 bits per heavy atom. The van der Waals surface area contributed by atoms with Crippen molar-refractivity contribution >= 4 is 51.3 Å². The van der Waals surface area contributed by atoms with Crippen LogP contribution < -0.4 is 25.0 Å². The zero-order chi connectivity index (χ0) is 48.0. The predicted octanol–water partition coefficient (Wildman–Crippen LogP) is 13.1. The lowest BCUT2D eigenvalue weighted by Gasteiger charge is -2.34. The number of nitrogens with one attached hydrogen (secondary N) is 2. The normalized spacial score (nSPS) is 13.2. The molecule has 0 saturated carbocycles. The Morgan fingerprint density at radius 1 is 0.824 bits per heavy atom. The molecule has 4 heterocycles. The SMILES string of the molecule is CCc1nc2ccc(Cl)cn2c1C(=O)NCc1ccc(N2CCC(c3ccc(OC(F)(F)F)cc3)CC2)cc1.Fc1ccc2c(Nc3ccccc3Oc3ccc(C(F)(F)F)cc3)ncnc2c1. The van der Waals surface area contributed by atoms with Crippen LogP contribution in [0, 0.1) is 5.82 Å². The number of ether oxygens (including phenoxy) is 2. The fraction of sp³-hybridized carbons (Fsp3) is 0.200. The van der Waals surface area contributed by atoms with E-state index in [1.165, 1.54) is 42.7 Å². The van der Waals surface area contributed by atoms with E-state index in [0.29, 0.717) is 57.5 Å². The van der Waals surface area contributed by atoms with E-state index in [4.69, 9.17) is 16.3 Å². The molecule has 68 heavy (non-hydrogen) atoms. The van der Waals surface area contributed by atoms with E-state index in [2.05, 4.69) is 47.4 Å². The van der Waals surface area contributed by atoms with E-state index >= 15 is 0 Å². The first-order valence-corrected chi connectivity index (χ1v) is 21.7. The molecule has 9 rings (SSSR count). The maximum atomic E-state index is 13.4. The highest BCUT2D eigenvalue weighted by Gasteiger charge is 2.32. The summed E-state index contributed by atoms with van der Waals surface area (Å²) in [5.74, 6) is 0.562. The molecule has 1 fully saturated rings. The third kappa shape index (κ3) is 11.6. The van der Waals surface area contributed by atoms with Crippen molar-refractivity contribution < 1.29 is 45.0 Å². The third-order valence-corrected chi connectivity index (χ3v) is 11.4. The van der Waals surface area contributed by atoms with Gasteiger partial charge in [0.15, 0.2) is 5.75 Å². The highest BCUT2D eigenvalue weighted by molar-refractivity contribution is 6.30. The van der Waals surface area contributed by atoms with E-state index in [9.17, 15) is 35.5 Å². The molecule has 1 amide bonds. The van der Waals surface area contributed by atoms with Gasteiger partial charge in [-0.25, -0.2) is 19.3 Å². The summed E-state index contributed by atoms with van der Waals surface area (Å²) >= 11 is 6.14. The van der Waals surface area contributed by atoms with Crippen molar-refractivity contribution in [3.63, 3.8) is 0 Å². The molecule has 0 radical (unpaired) electrons. The van der Waals surface area contributed by atoms with Gasteiger partial charge in [-0.3, -0.25) is 9.20 Å². The Morgan fingerprint density at radius 3 is 2.22 bits per heavy atom. The van der Waals surface area contributed by atoms with Crippen molar-refractivity contribution in [1.29, 1.82) is 0 Å². The molecule has 8 aromatic rings. The number of anilines is 3. The van der Waals surface area contributed by atoms with E-state index in [1.807, 2.05) is 19.1 Å². The molecule has 1 saturated heterocycles. The molecular weight excluding hydrogens is 915 g/mol. The molecule has 0 bridgehead atoms. The number of carbonyl (C=O) groups excluding carboxylic acids is 1. The fourth-order valence-electron chi connectivity index (χ4n) is 7.81. The number of hydrogen-bond donors (Lipinski definition) is 2. The summed E-state index contributed by atoms with van der Waals surface area (Å²) in [5, 5.41) is 7.25. The van der Waals surface area contributed by atoms with Gasteiger partial charge in [0.2, 0.25) is 0 Å². The van der Waals surface area contributed by atoms with Gasteiger partial charge in [0.1, 0.15) is 40.8 Å². The zero-order valence-electron chi connectivity index (χ0n) is 36.1. The van der Waals surface area contributed by atoms with Crippen LogP contribution in [0.3, 0.4) is 0 Å². The van der Waals surface area contributed by atoms with Crippen LogP contribution in [0.5, 0.6) is 17.2 Å². The lowest BCUT2D eigenvalue weighted by atomic mass is 9.89. The van der Waals surface area contributed by atoms with Gasteiger partial charge in [-0.1, -0.05) is 54.9 Å². The number of benzene rings is 5. The van der Waals surface area contributed by atoms with Crippen LogP contribution in [0.1, 0.15) is 58.6 Å². The van der Waals surface area contributed by atoms with Crippen LogP contribution in [0.25, 0.3) is 16.6 Å². The Balaban J connectivity index is 0.000000192. The van der Waals surface area contributed by atoms with Gasteiger partial charge in [0.05, 0.1) is 27.5 Å². The second kappa shape index (κ2) is 20.2. The number of aryl methyl sites for hydroxylation is 1. The number of halogens is 8. The maximum Gasteiger partial charge on any atom is 0.573 e. The second-order valence-corrected chi connectivity index (χ2v) is 16.1. The van der Waals surface area contributed by atoms with Gasteiger partial charge >= 0.3 is 12.5 Å². The molecule has 10 nitrogen and oxygen atoms in total. The van der Waals surface area contributed by atoms with Gasteiger partial charge in [-0.2, -0.15) is 13.2 Å². The average molecular weight is 956 g/mol. The first-order valence-electron chi connectivity index (χ1n) is 21.4. The van der Waals surface area contributed by atoms with Gasteiger partial charge in [0.25, 0.3) is 5.91 Å². The number of pyridine rings is 1. The Bertz CT molecular complexity index is 3010. The molecule has 3 aromatic heterocycles. The highest BCUT2D eigenvalue weighted by Crippen LogP contribution is 2.36. The number of aromatic nitrogens is 4. The number of para-hydroxylation sites is 2. The number of carbonyl (C=O) groups is 1. The average Bonchev–Trinajstić information content (AvgIpc) is 3.69. The molecule has 18 heteroatoms. The molecule has 0 atom stereocenters. The summed E-state index contributed by atoms with van der Waals surface area (Å²) in [6.07, 6.45) is -3.65. The maximum absolute atomic E-state index is 13.4. The lowest BCUT2D eigenvalue weighted by Crippen LogP contribution is -2.32. The Kier molecular flexibility index (Phi) is 14.0. The first kappa shape index (κ1) is 47.1. The molecule has 350 valence electrons. The van der Waals surface area contributed by atoms with E-state index in [0.717, 1.165) is 60.6 Å². The Hall–Kier alpha value is -7.40. The number of amides is 1. The van der Waals surface area contributed by atoms with Crippen molar-refractivity contribution in [1.82, 2.24) is 24.7 Å². The second-order valence-electron chi connectivity index (χ2n) is 15.7. The number of fused-ring (bicyclic) bond motifs is 2. The Labute approximate surface area is 390 Å². The van der Waals surface area contributed by atoms with Crippen LogP contribution in [-0.2, 0) is 19.1 Å². The van der Waals surface area contributed by atoms with Crippen molar-refractivity contribution in [2.75, 3.05) is 23.3 Å².